The summed E-state index contributed by atoms with van der Waals surface area (Å²) in [4.78, 5) is 22.9. The molecule has 0 aliphatic rings. The zero-order valence-corrected chi connectivity index (χ0v) is 12.5. The highest BCUT2D eigenvalue weighted by molar-refractivity contribution is 5.89. The summed E-state index contributed by atoms with van der Waals surface area (Å²) in [5.74, 6) is -1.42. The number of ether oxygens (including phenoxy) is 2. The van der Waals surface area contributed by atoms with Gasteiger partial charge in [-0.05, 0) is 29.8 Å². The van der Waals surface area contributed by atoms with Crippen LogP contribution in [0.2, 0.25) is 0 Å². The van der Waals surface area contributed by atoms with Crippen molar-refractivity contribution in [2.24, 2.45) is 0 Å². The van der Waals surface area contributed by atoms with E-state index in [0.717, 1.165) is 5.56 Å². The lowest BCUT2D eigenvalue weighted by Crippen LogP contribution is -2.03. The van der Waals surface area contributed by atoms with Crippen molar-refractivity contribution in [1.82, 2.24) is 0 Å². The van der Waals surface area contributed by atoms with Gasteiger partial charge in [-0.1, -0.05) is 30.3 Å². The fraction of sp³-hybridized carbons (Fsp3) is 0.111. The average molecular weight is 314 g/mol. The summed E-state index contributed by atoms with van der Waals surface area (Å²) >= 11 is 0. The van der Waals surface area contributed by atoms with Gasteiger partial charge in [-0.2, -0.15) is 0 Å². The van der Waals surface area contributed by atoms with Crippen LogP contribution in [0.5, 0.6) is 0 Å². The highest BCUT2D eigenvalue weighted by Gasteiger charge is 2.05. The molecule has 5 heteroatoms. The Balaban J connectivity index is 1.89. The lowest BCUT2D eigenvalue weighted by molar-refractivity contribution is -0.138. The molecule has 0 spiro atoms. The standard InChI is InChI=1S/C18H15FO4/c1-22-18(21)15-8-6-13(7-9-15)12-23-17(20)11-10-14-4-2-3-5-16(14)19/h2-11H,12H2,1H3/b11-10+. The van der Waals surface area contributed by atoms with E-state index in [-0.39, 0.29) is 6.61 Å². The minimum absolute atomic E-state index is 0.0574. The molecular formula is C18H15FO4. The third-order valence-corrected chi connectivity index (χ3v) is 3.06. The molecule has 2 aromatic rings. The molecule has 0 radical (unpaired) electrons. The predicted octanol–water partition coefficient (Wildman–Crippen LogP) is 3.37. The fourth-order valence-corrected chi connectivity index (χ4v) is 1.83. The Morgan fingerprint density at radius 2 is 1.78 bits per heavy atom. The smallest absolute Gasteiger partial charge is 0.337 e. The molecule has 0 bridgehead atoms. The minimum Gasteiger partial charge on any atom is -0.465 e. The van der Waals surface area contributed by atoms with Gasteiger partial charge in [0, 0.05) is 11.6 Å². The van der Waals surface area contributed by atoms with Crippen molar-refractivity contribution in [1.29, 1.82) is 0 Å². The van der Waals surface area contributed by atoms with Crippen LogP contribution in [0.4, 0.5) is 4.39 Å². The molecule has 2 aromatic carbocycles. The number of carbonyl (C=O) groups is 2. The van der Waals surface area contributed by atoms with E-state index in [9.17, 15) is 14.0 Å². The maximum absolute atomic E-state index is 13.4. The van der Waals surface area contributed by atoms with E-state index >= 15 is 0 Å². The summed E-state index contributed by atoms with van der Waals surface area (Å²) in [6, 6.07) is 12.6. The van der Waals surface area contributed by atoms with E-state index in [1.165, 1.54) is 25.3 Å². The van der Waals surface area contributed by atoms with Crippen LogP contribution in [0.3, 0.4) is 0 Å². The molecule has 0 unspecified atom stereocenters. The van der Waals surface area contributed by atoms with Crippen molar-refractivity contribution in [3.63, 3.8) is 0 Å². The van der Waals surface area contributed by atoms with Gasteiger partial charge in [-0.25, -0.2) is 14.0 Å². The van der Waals surface area contributed by atoms with E-state index in [2.05, 4.69) is 4.74 Å². The largest absolute Gasteiger partial charge is 0.465 e. The molecule has 0 aromatic heterocycles. The second-order valence-corrected chi connectivity index (χ2v) is 4.65. The number of rotatable bonds is 5. The summed E-state index contributed by atoms with van der Waals surface area (Å²) in [6.45, 7) is 0.0574. The summed E-state index contributed by atoms with van der Waals surface area (Å²) < 4.78 is 23.0. The number of hydrogen-bond acceptors (Lipinski definition) is 4. The van der Waals surface area contributed by atoms with Gasteiger partial charge in [-0.15, -0.1) is 0 Å². The van der Waals surface area contributed by atoms with Crippen LogP contribution < -0.4 is 0 Å². The summed E-state index contributed by atoms with van der Waals surface area (Å²) in [7, 11) is 1.31. The lowest BCUT2D eigenvalue weighted by Gasteiger charge is -2.04. The number of esters is 2. The minimum atomic E-state index is -0.578. The molecular weight excluding hydrogens is 299 g/mol. The predicted molar refractivity (Wildman–Crippen MR) is 83.0 cm³/mol. The van der Waals surface area contributed by atoms with Crippen LogP contribution in [0.25, 0.3) is 6.08 Å². The maximum Gasteiger partial charge on any atom is 0.337 e. The van der Waals surface area contributed by atoms with Crippen LogP contribution in [-0.2, 0) is 20.9 Å². The van der Waals surface area contributed by atoms with Gasteiger partial charge in [0.2, 0.25) is 0 Å². The molecule has 0 saturated carbocycles. The van der Waals surface area contributed by atoms with Crippen molar-refractivity contribution in [2.45, 2.75) is 6.61 Å². The highest BCUT2D eigenvalue weighted by Crippen LogP contribution is 2.09. The molecule has 0 heterocycles. The van der Waals surface area contributed by atoms with E-state index in [1.54, 1.807) is 42.5 Å². The Morgan fingerprint density at radius 1 is 1.09 bits per heavy atom. The molecule has 0 aliphatic carbocycles. The Kier molecular flexibility index (Phi) is 5.63. The Hall–Kier alpha value is -2.95. The molecule has 4 nitrogen and oxygen atoms in total. The van der Waals surface area contributed by atoms with E-state index < -0.39 is 17.8 Å². The third-order valence-electron chi connectivity index (χ3n) is 3.06. The number of benzene rings is 2. The summed E-state index contributed by atoms with van der Waals surface area (Å²) in [5.41, 5.74) is 1.46. The Bertz CT molecular complexity index is 720. The van der Waals surface area contributed by atoms with Gasteiger partial charge >= 0.3 is 11.9 Å². The van der Waals surface area contributed by atoms with Crippen LogP contribution in [0.1, 0.15) is 21.5 Å². The normalized spacial score (nSPS) is 10.5. The average Bonchev–Trinajstić information content (AvgIpc) is 2.59. The van der Waals surface area contributed by atoms with Crippen LogP contribution in [0.15, 0.2) is 54.6 Å². The maximum atomic E-state index is 13.4. The lowest BCUT2D eigenvalue weighted by atomic mass is 10.1. The first kappa shape index (κ1) is 16.4. The molecule has 0 N–H and O–H groups in total. The molecule has 118 valence electrons. The fourth-order valence-electron chi connectivity index (χ4n) is 1.83. The second kappa shape index (κ2) is 7.89. The monoisotopic (exact) mass is 314 g/mol. The molecule has 23 heavy (non-hydrogen) atoms. The van der Waals surface area contributed by atoms with E-state index in [1.807, 2.05) is 0 Å². The number of hydrogen-bond donors (Lipinski definition) is 0. The zero-order chi connectivity index (χ0) is 16.7. The zero-order valence-electron chi connectivity index (χ0n) is 12.5. The quantitative estimate of drug-likeness (QED) is 0.627. The number of carbonyl (C=O) groups excluding carboxylic acids is 2. The topological polar surface area (TPSA) is 52.6 Å². The number of methoxy groups -OCH3 is 1. The third kappa shape index (κ3) is 4.78. The molecule has 0 atom stereocenters. The van der Waals surface area contributed by atoms with Gasteiger partial charge in [0.15, 0.2) is 0 Å². The summed E-state index contributed by atoms with van der Waals surface area (Å²) in [6.07, 6.45) is 2.53. The highest BCUT2D eigenvalue weighted by atomic mass is 19.1. The van der Waals surface area contributed by atoms with Gasteiger partial charge in [0.25, 0.3) is 0 Å². The van der Waals surface area contributed by atoms with Crippen LogP contribution >= 0.6 is 0 Å². The molecule has 2 rings (SSSR count). The molecule has 0 saturated heterocycles. The van der Waals surface area contributed by atoms with Crippen molar-refractivity contribution in [3.8, 4) is 0 Å². The van der Waals surface area contributed by atoms with Gasteiger partial charge in [0.1, 0.15) is 12.4 Å². The van der Waals surface area contributed by atoms with Gasteiger partial charge in [-0.3, -0.25) is 0 Å². The van der Waals surface area contributed by atoms with Crippen molar-refractivity contribution >= 4 is 18.0 Å². The Labute approximate surface area is 133 Å². The van der Waals surface area contributed by atoms with Crippen molar-refractivity contribution in [2.75, 3.05) is 7.11 Å². The molecule has 0 amide bonds. The van der Waals surface area contributed by atoms with Gasteiger partial charge in [0.05, 0.1) is 12.7 Å². The van der Waals surface area contributed by atoms with Crippen LogP contribution in [-0.4, -0.2) is 19.0 Å². The number of halogens is 1. The Morgan fingerprint density at radius 3 is 2.43 bits per heavy atom. The van der Waals surface area contributed by atoms with E-state index in [0.29, 0.717) is 11.1 Å². The SMILES string of the molecule is COC(=O)c1ccc(COC(=O)/C=C/c2ccccc2F)cc1. The first-order chi connectivity index (χ1) is 11.1. The molecule has 0 fully saturated rings. The van der Waals surface area contributed by atoms with Crippen LogP contribution in [0, 0.1) is 5.82 Å². The van der Waals surface area contributed by atoms with Crippen molar-refractivity contribution in [3.05, 3.63) is 77.1 Å². The van der Waals surface area contributed by atoms with E-state index in [4.69, 9.17) is 4.74 Å². The second-order valence-electron chi connectivity index (χ2n) is 4.65. The van der Waals surface area contributed by atoms with Crippen molar-refractivity contribution < 1.29 is 23.5 Å². The molecule has 0 aliphatic heterocycles. The van der Waals surface area contributed by atoms with Gasteiger partial charge < -0.3 is 9.47 Å². The first-order valence-corrected chi connectivity index (χ1v) is 6.87. The first-order valence-electron chi connectivity index (χ1n) is 6.87. The summed E-state index contributed by atoms with van der Waals surface area (Å²) in [5, 5.41) is 0.